The van der Waals surface area contributed by atoms with Crippen LogP contribution in [0.25, 0.3) is 0 Å². The van der Waals surface area contributed by atoms with Crippen LogP contribution in [0.3, 0.4) is 0 Å². The molecule has 7 rings (SSSR count). The number of hydrogen-bond donors (Lipinski definition) is 3. The number of carboxylic acid groups (broad SMARTS) is 1. The summed E-state index contributed by atoms with van der Waals surface area (Å²) in [5.74, 6) is -0.951. The normalized spacial score (nSPS) is 28.6. The van der Waals surface area contributed by atoms with Crippen LogP contribution < -0.4 is 11.1 Å². The van der Waals surface area contributed by atoms with E-state index < -0.39 is 29.2 Å². The van der Waals surface area contributed by atoms with Crippen molar-refractivity contribution in [3.63, 3.8) is 0 Å². The predicted molar refractivity (Wildman–Crippen MR) is 194 cm³/mol. The maximum atomic E-state index is 13.6. The smallest absolute Gasteiger partial charge is 0.352 e. The molecule has 0 spiro atoms. The number of aromatic nitrogens is 6. The molecule has 2 aromatic heterocycles. The maximum absolute atomic E-state index is 13.6. The number of nitrogens with two attached hydrogens (primary N) is 1. The first kappa shape index (κ1) is 37.0. The average Bonchev–Trinajstić information content (AvgIpc) is 3.52. The Hall–Kier alpha value is -3.33. The van der Waals surface area contributed by atoms with E-state index in [0.717, 1.165) is 50.4 Å². The molecule has 17 nitrogen and oxygen atoms in total. The van der Waals surface area contributed by atoms with Crippen molar-refractivity contribution >= 4 is 63.7 Å². The lowest BCUT2D eigenvalue weighted by atomic mass is 9.88. The Morgan fingerprint density at radius 3 is 2.75 bits per heavy atom. The summed E-state index contributed by atoms with van der Waals surface area (Å²) in [5.41, 5.74) is 5.76. The average molecular weight is 776 g/mol. The second-order valence-electron chi connectivity index (χ2n) is 14.7. The Bertz CT molecular complexity index is 1740. The highest BCUT2D eigenvalue weighted by molar-refractivity contribution is 8.01. The molecule has 4 fully saturated rings. The van der Waals surface area contributed by atoms with Gasteiger partial charge in [0.15, 0.2) is 5.13 Å². The van der Waals surface area contributed by atoms with Crippen molar-refractivity contribution in [3.8, 4) is 0 Å². The molecule has 5 atom stereocenters. The number of β-lactam (4-membered cyclic amide) rings is 1. The van der Waals surface area contributed by atoms with Crippen LogP contribution in [0.15, 0.2) is 21.6 Å². The van der Waals surface area contributed by atoms with Crippen molar-refractivity contribution in [2.24, 2.45) is 22.4 Å². The van der Waals surface area contributed by atoms with Gasteiger partial charge < -0.3 is 30.6 Å². The predicted octanol–water partition coefficient (Wildman–Crippen LogP) is 2.42. The molecule has 20 heteroatoms. The number of piperidine rings is 1. The van der Waals surface area contributed by atoms with Crippen LogP contribution in [-0.2, 0) is 30.5 Å². The van der Waals surface area contributed by atoms with E-state index in [-0.39, 0.29) is 40.2 Å². The van der Waals surface area contributed by atoms with Crippen LogP contribution in [0.1, 0.15) is 71.5 Å². The molecular formula is C32H45N11O6S3. The van der Waals surface area contributed by atoms with Crippen molar-refractivity contribution in [3.05, 3.63) is 17.1 Å². The molecule has 0 aromatic carbocycles. The second-order valence-corrected chi connectivity index (χ2v) is 17.5. The third-order valence-corrected chi connectivity index (χ3v) is 14.1. The summed E-state index contributed by atoms with van der Waals surface area (Å²) in [7, 11) is 0. The summed E-state index contributed by atoms with van der Waals surface area (Å²) in [6.45, 7) is 10.3. The van der Waals surface area contributed by atoms with Gasteiger partial charge in [-0.1, -0.05) is 50.5 Å². The van der Waals surface area contributed by atoms with Gasteiger partial charge in [0.25, 0.3) is 11.8 Å². The number of anilines is 1. The fraction of sp³-hybridized carbons (Fsp3) is 0.719. The number of rotatable bonds is 15. The van der Waals surface area contributed by atoms with Crippen molar-refractivity contribution in [2.45, 2.75) is 94.4 Å². The number of nitrogens with zero attached hydrogens (tertiary/aromatic N) is 9. The number of thioether (sulfide) groups is 2. The molecule has 0 bridgehead atoms. The number of carbonyl (C=O) groups is 3. The van der Waals surface area contributed by atoms with Crippen LogP contribution in [0.2, 0.25) is 0 Å². The molecule has 5 aliphatic rings. The molecule has 5 heterocycles. The zero-order valence-corrected chi connectivity index (χ0v) is 32.0. The minimum Gasteiger partial charge on any atom is -0.477 e. The lowest BCUT2D eigenvalue weighted by molar-refractivity contribution is -0.150. The van der Waals surface area contributed by atoms with E-state index >= 15 is 0 Å². The number of ether oxygens (including phenoxy) is 1. The molecule has 0 radical (unpaired) electrons. The molecule has 2 amide bonds. The van der Waals surface area contributed by atoms with E-state index in [2.05, 4.69) is 61.0 Å². The van der Waals surface area contributed by atoms with Gasteiger partial charge in [0, 0.05) is 29.6 Å². The largest absolute Gasteiger partial charge is 0.477 e. The van der Waals surface area contributed by atoms with Crippen molar-refractivity contribution < 1.29 is 29.1 Å². The van der Waals surface area contributed by atoms with Gasteiger partial charge in [-0.05, 0) is 85.0 Å². The van der Waals surface area contributed by atoms with Crippen molar-refractivity contribution in [2.75, 3.05) is 43.7 Å². The number of hydrogen-bond acceptors (Lipinski definition) is 16. The number of likely N-dealkylation sites (tertiary alicyclic amines) is 1. The summed E-state index contributed by atoms with van der Waals surface area (Å²) in [5, 5.41) is 29.2. The van der Waals surface area contributed by atoms with Gasteiger partial charge in [0.1, 0.15) is 17.1 Å². The molecule has 2 aromatic rings. The van der Waals surface area contributed by atoms with Crippen LogP contribution in [0.4, 0.5) is 5.13 Å². The molecule has 3 aliphatic heterocycles. The van der Waals surface area contributed by atoms with Crippen LogP contribution in [0.5, 0.6) is 0 Å². The monoisotopic (exact) mass is 775 g/mol. The number of aryl methyl sites for hydroxylation is 1. The number of aliphatic carboxylic acids is 1. The van der Waals surface area contributed by atoms with Crippen molar-refractivity contribution in [1.82, 2.24) is 44.7 Å². The van der Waals surface area contributed by atoms with Crippen LogP contribution in [-0.4, -0.2) is 123 Å². The lowest BCUT2D eigenvalue weighted by Gasteiger charge is -2.49. The highest BCUT2D eigenvalue weighted by Crippen LogP contribution is 2.70. The Morgan fingerprint density at radius 1 is 1.19 bits per heavy atom. The number of tetrazole rings is 1. The fourth-order valence-corrected chi connectivity index (χ4v) is 11.1. The van der Waals surface area contributed by atoms with Crippen LogP contribution >= 0.6 is 35.1 Å². The summed E-state index contributed by atoms with van der Waals surface area (Å²) in [6.07, 6.45) is 7.86. The van der Waals surface area contributed by atoms with E-state index in [1.807, 2.05) is 0 Å². The first-order valence-electron chi connectivity index (χ1n) is 17.8. The molecule has 282 valence electrons. The van der Waals surface area contributed by atoms with Gasteiger partial charge >= 0.3 is 5.97 Å². The fourth-order valence-electron chi connectivity index (χ4n) is 8.30. The second kappa shape index (κ2) is 15.2. The number of carboxylic acids is 1. The summed E-state index contributed by atoms with van der Waals surface area (Å²) < 4.78 is 12.1. The number of amides is 2. The zero-order valence-electron chi connectivity index (χ0n) is 29.5. The highest BCUT2D eigenvalue weighted by Gasteiger charge is 2.73. The number of nitrogen functional groups attached to an aromatic ring is 1. The molecule has 2 saturated heterocycles. The Labute approximate surface area is 314 Å². The molecular weight excluding hydrogens is 731 g/mol. The number of carbonyl (C=O) groups excluding carboxylic acids is 2. The quantitative estimate of drug-likeness (QED) is 0.0592. The maximum Gasteiger partial charge on any atom is 0.352 e. The standard InChI is InChI=1S/C32H45N11O6S3/c1-18-8-9-20-31(2,3)32(20,14-18)48-17-49-37-21(24-35-29(33)52-38-24)25(44)34-22-26(45)43-23(28(46)47)19(15-50-27(22)43)16-51-30-36-39-40-42(30)13-7-12-41-10-5-4-6-11-41/h18,20,22,27H,4-17H2,1-3H3,(H,34,44)(H,46,47)(H2,33,35,38)/t18?,20?,22?,27-,32?/m0/s1. The number of oxime groups is 1. The van der Waals surface area contributed by atoms with Crippen molar-refractivity contribution in [1.29, 1.82) is 0 Å². The Kier molecular flexibility index (Phi) is 10.8. The van der Waals surface area contributed by atoms with Gasteiger partial charge in [-0.25, -0.2) is 9.48 Å². The van der Waals surface area contributed by atoms with E-state index in [0.29, 0.717) is 40.6 Å². The molecule has 52 heavy (non-hydrogen) atoms. The lowest BCUT2D eigenvalue weighted by Crippen LogP contribution is -2.71. The molecule has 4 unspecified atom stereocenters. The zero-order chi connectivity index (χ0) is 36.6. The number of nitrogens with one attached hydrogen (secondary N) is 1. The van der Waals surface area contributed by atoms with E-state index in [1.165, 1.54) is 54.1 Å². The van der Waals surface area contributed by atoms with Gasteiger partial charge in [0.05, 0.1) is 5.60 Å². The SMILES string of the molecule is CC1CCC2C(C)(C)C2(OCON=C(C(=O)NC2C(=O)N3C(C(=O)O)=C(CSc4nnnn4CCCN4CCCCC4)CS[C@@H]23)c2nsc(N)n2)C1. The van der Waals surface area contributed by atoms with E-state index in [1.54, 1.807) is 4.68 Å². The molecule has 2 saturated carbocycles. The molecule has 4 N–H and O–H groups in total. The van der Waals surface area contributed by atoms with Crippen LogP contribution in [0, 0.1) is 17.3 Å². The minimum absolute atomic E-state index is 0.0228. The third kappa shape index (κ3) is 7.15. The number of fused-ring (bicyclic) bond motifs is 2. The van der Waals surface area contributed by atoms with Gasteiger partial charge in [-0.15, -0.1) is 16.9 Å². The minimum atomic E-state index is -1.22. The first-order valence-corrected chi connectivity index (χ1v) is 20.6. The Morgan fingerprint density at radius 2 is 2.00 bits per heavy atom. The van der Waals surface area contributed by atoms with Gasteiger partial charge in [-0.2, -0.15) is 9.36 Å². The van der Waals surface area contributed by atoms with Gasteiger partial charge in [0.2, 0.25) is 23.5 Å². The first-order chi connectivity index (χ1) is 25.0. The van der Waals surface area contributed by atoms with E-state index in [9.17, 15) is 19.5 Å². The highest BCUT2D eigenvalue weighted by atomic mass is 32.2. The third-order valence-electron chi connectivity index (χ3n) is 11.1. The summed E-state index contributed by atoms with van der Waals surface area (Å²) in [4.78, 5) is 52.9. The van der Waals surface area contributed by atoms with E-state index in [4.69, 9.17) is 15.3 Å². The topological polar surface area (TPSA) is 216 Å². The molecule has 2 aliphatic carbocycles. The summed E-state index contributed by atoms with van der Waals surface area (Å²) in [6, 6.07) is -0.999. The summed E-state index contributed by atoms with van der Waals surface area (Å²) >= 11 is 3.60. The Balaban J connectivity index is 0.971. The van der Waals surface area contributed by atoms with Gasteiger partial charge in [-0.3, -0.25) is 14.5 Å².